The molecule has 0 saturated heterocycles. The molecule has 9 heteroatoms. The number of benzene rings is 3. The van der Waals surface area contributed by atoms with Crippen LogP contribution in [0.1, 0.15) is 17.2 Å². The molecule has 4 aromatic rings. The lowest BCUT2D eigenvalue weighted by atomic mass is 10.0. The van der Waals surface area contributed by atoms with Crippen molar-refractivity contribution in [3.63, 3.8) is 0 Å². The minimum atomic E-state index is -0.459. The summed E-state index contributed by atoms with van der Waals surface area (Å²) >= 11 is 7.51. The fraction of sp³-hybridized carbons (Fsp3) is 0.160. The molecule has 2 N–H and O–H groups in total. The van der Waals surface area contributed by atoms with Crippen LogP contribution in [-0.2, 0) is 11.3 Å². The summed E-state index contributed by atoms with van der Waals surface area (Å²) in [5, 5.41) is 12.6. The van der Waals surface area contributed by atoms with E-state index in [1.54, 1.807) is 7.11 Å². The lowest BCUT2D eigenvalue weighted by Crippen LogP contribution is -2.43. The van der Waals surface area contributed by atoms with Gasteiger partial charge in [-0.05, 0) is 35.4 Å². The predicted octanol–water partition coefficient (Wildman–Crippen LogP) is 4.68. The van der Waals surface area contributed by atoms with Crippen molar-refractivity contribution in [3.05, 3.63) is 95.0 Å². The first-order chi connectivity index (χ1) is 16.6. The highest BCUT2D eigenvalue weighted by Gasteiger charge is 2.37. The fourth-order valence-electron chi connectivity index (χ4n) is 3.78. The summed E-state index contributed by atoms with van der Waals surface area (Å²) < 4.78 is 7.06. The summed E-state index contributed by atoms with van der Waals surface area (Å²) in [4.78, 5) is 13.4. The molecular weight excluding hydrogens is 470 g/mol. The van der Waals surface area contributed by atoms with Gasteiger partial charge in [0.1, 0.15) is 11.0 Å². The van der Waals surface area contributed by atoms with E-state index < -0.39 is 5.25 Å². The second-order valence-corrected chi connectivity index (χ2v) is 9.32. The molecule has 0 saturated carbocycles. The van der Waals surface area contributed by atoms with Crippen molar-refractivity contribution in [1.82, 2.24) is 20.2 Å². The number of thioether (sulfide) groups is 1. The third-order valence-electron chi connectivity index (χ3n) is 5.58. The largest absolute Gasteiger partial charge is 0.497 e. The van der Waals surface area contributed by atoms with Gasteiger partial charge >= 0.3 is 0 Å². The second kappa shape index (κ2) is 9.79. The van der Waals surface area contributed by atoms with Crippen molar-refractivity contribution in [3.8, 4) is 17.1 Å². The number of aromatic nitrogens is 3. The number of amides is 1. The predicted molar refractivity (Wildman–Crippen MR) is 133 cm³/mol. The minimum absolute atomic E-state index is 0.0937. The van der Waals surface area contributed by atoms with Crippen molar-refractivity contribution in [2.24, 2.45) is 0 Å². The van der Waals surface area contributed by atoms with Crippen LogP contribution >= 0.6 is 23.4 Å². The minimum Gasteiger partial charge on any atom is -0.497 e. The molecule has 3 aromatic carbocycles. The van der Waals surface area contributed by atoms with Gasteiger partial charge in [0.05, 0.1) is 13.2 Å². The van der Waals surface area contributed by atoms with Gasteiger partial charge in [-0.2, -0.15) is 0 Å². The van der Waals surface area contributed by atoms with Crippen molar-refractivity contribution >= 4 is 29.3 Å². The van der Waals surface area contributed by atoms with Crippen LogP contribution < -0.4 is 15.5 Å². The molecule has 0 bridgehead atoms. The van der Waals surface area contributed by atoms with Gasteiger partial charge in [-0.1, -0.05) is 78.0 Å². The Balaban J connectivity index is 1.42. The molecule has 1 amide bonds. The first-order valence-corrected chi connectivity index (χ1v) is 12.0. The number of halogens is 1. The molecular formula is C25H22ClN5O2S. The molecule has 1 aliphatic heterocycles. The fourth-order valence-corrected chi connectivity index (χ4v) is 5.01. The third-order valence-corrected chi connectivity index (χ3v) is 7.05. The van der Waals surface area contributed by atoms with Crippen LogP contribution in [0.3, 0.4) is 0 Å². The molecule has 0 spiro atoms. The molecule has 0 unspecified atom stereocenters. The molecule has 34 heavy (non-hydrogen) atoms. The zero-order valence-corrected chi connectivity index (χ0v) is 19.9. The van der Waals surface area contributed by atoms with Gasteiger partial charge in [0, 0.05) is 17.1 Å². The number of hydrogen-bond acceptors (Lipinski definition) is 6. The maximum atomic E-state index is 13.4. The Morgan fingerprint density at radius 1 is 1.06 bits per heavy atom. The van der Waals surface area contributed by atoms with E-state index in [2.05, 4.69) is 20.9 Å². The number of hydrogen-bond donors (Lipinski definition) is 2. The Hall–Kier alpha value is -3.49. The first kappa shape index (κ1) is 22.3. The number of carbonyl (C=O) groups is 1. The molecule has 2 heterocycles. The number of ether oxygens (including phenoxy) is 1. The van der Waals surface area contributed by atoms with Crippen LogP contribution in [-0.4, -0.2) is 33.1 Å². The van der Waals surface area contributed by atoms with Crippen LogP contribution in [0, 0.1) is 0 Å². The normalized spacial score (nSPS) is 16.9. The number of rotatable bonds is 6. The van der Waals surface area contributed by atoms with Gasteiger partial charge in [0.2, 0.25) is 11.1 Å². The molecule has 0 radical (unpaired) electrons. The highest BCUT2D eigenvalue weighted by atomic mass is 35.5. The van der Waals surface area contributed by atoms with Gasteiger partial charge in [0.25, 0.3) is 0 Å². The zero-order valence-electron chi connectivity index (χ0n) is 18.3. The van der Waals surface area contributed by atoms with Gasteiger partial charge < -0.3 is 15.5 Å². The number of carbonyl (C=O) groups excluding carboxylic acids is 1. The molecule has 0 aliphatic carbocycles. The Morgan fingerprint density at radius 2 is 1.79 bits per heavy atom. The maximum absolute atomic E-state index is 13.4. The SMILES string of the molecule is COc1ccc(CNC(=O)[C@@H]2Sc3nnc(-c4ccccc4)n3N[C@H]2c2ccc(Cl)cc2)cc1. The Kier molecular flexibility index (Phi) is 6.42. The Labute approximate surface area is 206 Å². The van der Waals surface area contributed by atoms with E-state index in [9.17, 15) is 4.79 Å². The van der Waals surface area contributed by atoms with E-state index in [0.29, 0.717) is 22.5 Å². The van der Waals surface area contributed by atoms with E-state index in [4.69, 9.17) is 16.3 Å². The first-order valence-electron chi connectivity index (χ1n) is 10.7. The highest BCUT2D eigenvalue weighted by Crippen LogP contribution is 2.38. The smallest absolute Gasteiger partial charge is 0.236 e. The van der Waals surface area contributed by atoms with Gasteiger partial charge in [-0.3, -0.25) is 4.79 Å². The van der Waals surface area contributed by atoms with E-state index in [0.717, 1.165) is 22.4 Å². The van der Waals surface area contributed by atoms with E-state index >= 15 is 0 Å². The van der Waals surface area contributed by atoms with E-state index in [1.807, 2.05) is 83.5 Å². The number of nitrogens with one attached hydrogen (secondary N) is 2. The van der Waals surface area contributed by atoms with Gasteiger partial charge in [-0.15, -0.1) is 10.2 Å². The van der Waals surface area contributed by atoms with Crippen LogP contribution in [0.2, 0.25) is 5.02 Å². The van der Waals surface area contributed by atoms with Crippen molar-refractivity contribution < 1.29 is 9.53 Å². The molecule has 5 rings (SSSR count). The van der Waals surface area contributed by atoms with Crippen molar-refractivity contribution in [2.45, 2.75) is 23.0 Å². The quantitative estimate of drug-likeness (QED) is 0.407. The standard InChI is InChI=1S/C25H22ClN5O2S/c1-33-20-13-7-16(8-14-20)15-27-24(32)22-21(17-9-11-19(26)12-10-17)30-31-23(28-29-25(31)34-22)18-5-3-2-4-6-18/h2-14,21-22,30H,15H2,1H3,(H,27,32)/t21-,22+/m0/s1. The monoisotopic (exact) mass is 491 g/mol. The zero-order chi connectivity index (χ0) is 23.5. The molecule has 172 valence electrons. The number of fused-ring (bicyclic) bond motifs is 1. The molecule has 1 aromatic heterocycles. The number of nitrogens with zero attached hydrogens (tertiary/aromatic N) is 3. The Morgan fingerprint density at radius 3 is 2.50 bits per heavy atom. The molecule has 7 nitrogen and oxygen atoms in total. The van der Waals surface area contributed by atoms with Crippen LogP contribution in [0.5, 0.6) is 5.75 Å². The summed E-state index contributed by atoms with van der Waals surface area (Å²) in [5.41, 5.74) is 6.34. The topological polar surface area (TPSA) is 81.1 Å². The van der Waals surface area contributed by atoms with Gasteiger partial charge in [0.15, 0.2) is 5.82 Å². The molecule has 1 aliphatic rings. The van der Waals surface area contributed by atoms with Crippen LogP contribution in [0.4, 0.5) is 0 Å². The third kappa shape index (κ3) is 4.60. The summed E-state index contributed by atoms with van der Waals surface area (Å²) in [6, 6.07) is 24.7. The lowest BCUT2D eigenvalue weighted by Gasteiger charge is -2.33. The van der Waals surface area contributed by atoms with E-state index in [-0.39, 0.29) is 11.9 Å². The van der Waals surface area contributed by atoms with E-state index in [1.165, 1.54) is 11.8 Å². The molecule has 2 atom stereocenters. The van der Waals surface area contributed by atoms with Crippen LogP contribution in [0.25, 0.3) is 11.4 Å². The highest BCUT2D eigenvalue weighted by molar-refractivity contribution is 8.00. The summed E-state index contributed by atoms with van der Waals surface area (Å²) in [7, 11) is 1.63. The summed E-state index contributed by atoms with van der Waals surface area (Å²) in [6.45, 7) is 0.412. The second-order valence-electron chi connectivity index (χ2n) is 7.77. The molecule has 0 fully saturated rings. The maximum Gasteiger partial charge on any atom is 0.236 e. The average molecular weight is 492 g/mol. The van der Waals surface area contributed by atoms with Crippen molar-refractivity contribution in [1.29, 1.82) is 0 Å². The number of methoxy groups -OCH3 is 1. The van der Waals surface area contributed by atoms with Crippen LogP contribution in [0.15, 0.2) is 84.0 Å². The Bertz CT molecular complexity index is 1280. The summed E-state index contributed by atoms with van der Waals surface area (Å²) in [6.07, 6.45) is 0. The van der Waals surface area contributed by atoms with Crippen molar-refractivity contribution in [2.75, 3.05) is 12.5 Å². The average Bonchev–Trinajstić information content (AvgIpc) is 3.31. The van der Waals surface area contributed by atoms with Gasteiger partial charge in [-0.25, -0.2) is 4.68 Å². The summed E-state index contributed by atoms with van der Waals surface area (Å²) in [5.74, 6) is 1.38. The lowest BCUT2D eigenvalue weighted by molar-refractivity contribution is -0.121.